The van der Waals surface area contributed by atoms with Crippen LogP contribution < -0.4 is 5.73 Å². The van der Waals surface area contributed by atoms with Crippen LogP contribution in [0.3, 0.4) is 0 Å². The number of carbonyl (C=O) groups excluding carboxylic acids is 1. The van der Waals surface area contributed by atoms with Gasteiger partial charge in [0.1, 0.15) is 5.82 Å². The molecule has 0 aliphatic carbocycles. The average molecular weight is 513 g/mol. The Kier molecular flexibility index (Phi) is 6.81. The summed E-state index contributed by atoms with van der Waals surface area (Å²) in [6, 6.07) is 15.1. The van der Waals surface area contributed by atoms with Gasteiger partial charge in [-0.05, 0) is 86.8 Å². The lowest BCUT2D eigenvalue weighted by atomic mass is 9.93. The second kappa shape index (κ2) is 10.5. The van der Waals surface area contributed by atoms with Crippen LogP contribution in [0.1, 0.15) is 37.3 Å². The Morgan fingerprint density at radius 2 is 1.79 bits per heavy atom. The molecule has 1 amide bonds. The SMILES string of the molecule is Nc1cnccc1CN1CCC(C(=O)N2CCC(n3c(-c4ccccn4)cc4cc(F)ccc43)CC2)CC1. The third kappa shape index (κ3) is 4.88. The lowest BCUT2D eigenvalue weighted by molar-refractivity contribution is -0.138. The first kappa shape index (κ1) is 24.6. The van der Waals surface area contributed by atoms with E-state index >= 15 is 0 Å². The molecule has 0 bridgehead atoms. The minimum Gasteiger partial charge on any atom is -0.397 e. The van der Waals surface area contributed by atoms with Crippen LogP contribution in [0.2, 0.25) is 0 Å². The Morgan fingerprint density at radius 3 is 2.53 bits per heavy atom. The highest BCUT2D eigenvalue weighted by atomic mass is 19.1. The van der Waals surface area contributed by atoms with Gasteiger partial charge in [-0.25, -0.2) is 4.39 Å². The number of nitrogen functional groups attached to an aromatic ring is 1. The second-order valence-corrected chi connectivity index (χ2v) is 10.5. The molecule has 0 spiro atoms. The molecular formula is C30H33FN6O. The number of anilines is 1. The van der Waals surface area contributed by atoms with Crippen LogP contribution in [-0.2, 0) is 11.3 Å². The van der Waals surface area contributed by atoms with Crippen molar-refractivity contribution < 1.29 is 9.18 Å². The summed E-state index contributed by atoms with van der Waals surface area (Å²) >= 11 is 0. The van der Waals surface area contributed by atoms with Crippen LogP contribution >= 0.6 is 0 Å². The Balaban J connectivity index is 1.11. The predicted octanol–water partition coefficient (Wildman–Crippen LogP) is 4.90. The lowest BCUT2D eigenvalue weighted by Crippen LogP contribution is -2.45. The molecule has 0 unspecified atom stereocenters. The average Bonchev–Trinajstić information content (AvgIpc) is 3.33. The third-order valence-electron chi connectivity index (χ3n) is 8.15. The number of fused-ring (bicyclic) bond motifs is 1. The van der Waals surface area contributed by atoms with E-state index < -0.39 is 0 Å². The van der Waals surface area contributed by atoms with E-state index in [4.69, 9.17) is 5.73 Å². The van der Waals surface area contributed by atoms with Gasteiger partial charge in [-0.15, -0.1) is 0 Å². The normalized spacial score (nSPS) is 17.8. The molecule has 196 valence electrons. The van der Waals surface area contributed by atoms with Gasteiger partial charge >= 0.3 is 0 Å². The van der Waals surface area contributed by atoms with Gasteiger partial charge in [0.2, 0.25) is 5.91 Å². The Hall–Kier alpha value is -3.78. The van der Waals surface area contributed by atoms with Crippen LogP contribution in [0.15, 0.2) is 67.1 Å². The van der Waals surface area contributed by atoms with Crippen molar-refractivity contribution in [3.63, 3.8) is 0 Å². The summed E-state index contributed by atoms with van der Waals surface area (Å²) in [5, 5.41) is 0.879. The number of hydrogen-bond donors (Lipinski definition) is 1. The molecule has 8 heteroatoms. The fourth-order valence-corrected chi connectivity index (χ4v) is 6.07. The number of hydrogen-bond acceptors (Lipinski definition) is 5. The van der Waals surface area contributed by atoms with E-state index in [1.54, 1.807) is 24.7 Å². The van der Waals surface area contributed by atoms with Gasteiger partial charge in [0.25, 0.3) is 0 Å². The molecule has 3 aromatic heterocycles. The predicted molar refractivity (Wildman–Crippen MR) is 147 cm³/mol. The highest BCUT2D eigenvalue weighted by molar-refractivity contribution is 5.87. The standard InChI is InChI=1S/C30H33FN6O/c31-24-4-5-28-23(17-24)18-29(27-3-1-2-11-34-27)37(28)25-9-15-36(16-10-25)30(38)21-7-13-35(14-8-21)20-22-6-12-33-19-26(22)32/h1-6,11-12,17-19,21,25H,7-10,13-16,20,32H2. The van der Waals surface area contributed by atoms with Gasteiger partial charge in [-0.2, -0.15) is 0 Å². The zero-order valence-corrected chi connectivity index (χ0v) is 21.5. The Bertz CT molecular complexity index is 1420. The Labute approximate surface area is 222 Å². The highest BCUT2D eigenvalue weighted by Gasteiger charge is 2.32. The summed E-state index contributed by atoms with van der Waals surface area (Å²) in [5.74, 6) is 0.130. The maximum Gasteiger partial charge on any atom is 0.225 e. The summed E-state index contributed by atoms with van der Waals surface area (Å²) in [5.41, 5.74) is 10.8. The van der Waals surface area contributed by atoms with E-state index in [1.807, 2.05) is 36.4 Å². The number of piperidine rings is 2. The number of carbonyl (C=O) groups is 1. The number of likely N-dealkylation sites (tertiary alicyclic amines) is 2. The van der Waals surface area contributed by atoms with Gasteiger partial charge in [-0.3, -0.25) is 19.7 Å². The zero-order valence-electron chi connectivity index (χ0n) is 21.5. The van der Waals surface area contributed by atoms with Gasteiger partial charge in [-0.1, -0.05) is 6.07 Å². The van der Waals surface area contributed by atoms with Gasteiger partial charge < -0.3 is 15.2 Å². The fourth-order valence-electron chi connectivity index (χ4n) is 6.07. The fraction of sp³-hybridized carbons (Fsp3) is 0.367. The van der Waals surface area contributed by atoms with Crippen LogP contribution in [0.5, 0.6) is 0 Å². The number of nitrogens with two attached hydrogens (primary N) is 1. The van der Waals surface area contributed by atoms with Crippen molar-refractivity contribution >= 4 is 22.5 Å². The van der Waals surface area contributed by atoms with E-state index in [0.717, 1.165) is 91.9 Å². The van der Waals surface area contributed by atoms with E-state index in [-0.39, 0.29) is 23.7 Å². The van der Waals surface area contributed by atoms with Gasteiger partial charge in [0.15, 0.2) is 0 Å². The zero-order chi connectivity index (χ0) is 26.1. The molecule has 38 heavy (non-hydrogen) atoms. The van der Waals surface area contributed by atoms with Gasteiger partial charge in [0.05, 0.1) is 23.3 Å². The summed E-state index contributed by atoms with van der Waals surface area (Å²) < 4.78 is 16.3. The smallest absolute Gasteiger partial charge is 0.225 e. The Morgan fingerprint density at radius 1 is 0.974 bits per heavy atom. The number of amides is 1. The van der Waals surface area contributed by atoms with Crippen LogP contribution in [0, 0.1) is 11.7 Å². The molecule has 2 N–H and O–H groups in total. The molecule has 0 radical (unpaired) electrons. The molecule has 2 aliphatic heterocycles. The van der Waals surface area contributed by atoms with E-state index in [0.29, 0.717) is 0 Å². The van der Waals surface area contributed by atoms with Crippen LogP contribution in [0.4, 0.5) is 10.1 Å². The molecular weight excluding hydrogens is 479 g/mol. The summed E-state index contributed by atoms with van der Waals surface area (Å²) in [4.78, 5) is 26.5. The number of benzene rings is 1. The van der Waals surface area contributed by atoms with Crippen LogP contribution in [-0.4, -0.2) is 56.4 Å². The van der Waals surface area contributed by atoms with Crippen molar-refractivity contribution in [2.45, 2.75) is 38.3 Å². The molecule has 0 saturated carbocycles. The number of pyridine rings is 2. The van der Waals surface area contributed by atoms with Crippen molar-refractivity contribution in [1.82, 2.24) is 24.3 Å². The van der Waals surface area contributed by atoms with Gasteiger partial charge in [0, 0.05) is 54.9 Å². The minimum atomic E-state index is -0.238. The van der Waals surface area contributed by atoms with Crippen molar-refractivity contribution in [3.8, 4) is 11.4 Å². The maximum absolute atomic E-state index is 14.0. The van der Waals surface area contributed by atoms with Crippen LogP contribution in [0.25, 0.3) is 22.3 Å². The molecule has 2 saturated heterocycles. The number of aromatic nitrogens is 3. The molecule has 5 heterocycles. The number of nitrogens with zero attached hydrogens (tertiary/aromatic N) is 5. The first-order chi connectivity index (χ1) is 18.6. The van der Waals surface area contributed by atoms with Crippen molar-refractivity contribution in [1.29, 1.82) is 0 Å². The first-order valence-corrected chi connectivity index (χ1v) is 13.5. The van der Waals surface area contributed by atoms with E-state index in [2.05, 4.69) is 24.3 Å². The third-order valence-corrected chi connectivity index (χ3v) is 8.15. The largest absolute Gasteiger partial charge is 0.397 e. The summed E-state index contributed by atoms with van der Waals surface area (Å²) in [6.45, 7) is 4.07. The molecule has 4 aromatic rings. The van der Waals surface area contributed by atoms with Crippen molar-refractivity contribution in [3.05, 3.63) is 78.5 Å². The lowest BCUT2D eigenvalue weighted by Gasteiger charge is -2.38. The molecule has 2 aliphatic rings. The van der Waals surface area contributed by atoms with Crippen molar-refractivity contribution in [2.75, 3.05) is 31.9 Å². The molecule has 2 fully saturated rings. The second-order valence-electron chi connectivity index (χ2n) is 10.5. The summed E-state index contributed by atoms with van der Waals surface area (Å²) in [6.07, 6.45) is 8.75. The first-order valence-electron chi connectivity index (χ1n) is 13.5. The topological polar surface area (TPSA) is 80.3 Å². The van der Waals surface area contributed by atoms with E-state index in [1.165, 1.54) is 6.07 Å². The minimum absolute atomic E-state index is 0.0806. The molecule has 7 nitrogen and oxygen atoms in total. The molecule has 6 rings (SSSR count). The highest BCUT2D eigenvalue weighted by Crippen LogP contribution is 2.36. The van der Waals surface area contributed by atoms with Crippen molar-refractivity contribution in [2.24, 2.45) is 5.92 Å². The summed E-state index contributed by atoms with van der Waals surface area (Å²) in [7, 11) is 0. The maximum atomic E-state index is 14.0. The monoisotopic (exact) mass is 512 g/mol. The molecule has 0 atom stereocenters. The van der Waals surface area contributed by atoms with E-state index in [9.17, 15) is 9.18 Å². The number of halogens is 1. The molecule has 1 aromatic carbocycles. The number of rotatable bonds is 5. The quantitative estimate of drug-likeness (QED) is 0.412.